The zero-order valence-electron chi connectivity index (χ0n) is 11.5. The van der Waals surface area contributed by atoms with E-state index in [9.17, 15) is 0 Å². The minimum atomic E-state index is 0.586. The molecule has 0 atom stereocenters. The number of rotatable bonds is 4. The lowest BCUT2D eigenvalue weighted by atomic mass is 10.4. The molecule has 5 heteroatoms. The highest BCUT2D eigenvalue weighted by Gasteiger charge is 2.02. The highest BCUT2D eigenvalue weighted by molar-refractivity contribution is 5.51. The quantitative estimate of drug-likeness (QED) is 0.790. The van der Waals surface area contributed by atoms with Crippen LogP contribution < -0.4 is 4.90 Å². The molecule has 0 aliphatic heterocycles. The van der Waals surface area contributed by atoms with Crippen LogP contribution in [0.1, 0.15) is 23.1 Å². The number of oxazole rings is 2. The van der Waals surface area contributed by atoms with Crippen molar-refractivity contribution < 1.29 is 8.83 Å². The molecule has 0 N–H and O–H groups in total. The van der Waals surface area contributed by atoms with E-state index < -0.39 is 0 Å². The van der Waals surface area contributed by atoms with Crippen LogP contribution in [-0.4, -0.2) is 24.1 Å². The Morgan fingerprint density at radius 1 is 1.11 bits per heavy atom. The first kappa shape index (κ1) is 13.1. The maximum absolute atomic E-state index is 5.48. The fourth-order valence-electron chi connectivity index (χ4n) is 1.42. The molecular formula is C14H17N3O2. The van der Waals surface area contributed by atoms with Gasteiger partial charge < -0.3 is 13.7 Å². The largest absolute Gasteiger partial charge is 0.442 e. The standard InChI is InChI=1S/C14H17N3O2/c1-10-11(2)18-13(16-10)8-6-5-7-12-9-15-14(19-12)17(3)4/h5-9H,1-4H3/b7-5+,8-6+. The van der Waals surface area contributed by atoms with Crippen molar-refractivity contribution >= 4 is 18.2 Å². The molecule has 0 aromatic carbocycles. The fraction of sp³-hybridized carbons (Fsp3) is 0.286. The van der Waals surface area contributed by atoms with E-state index >= 15 is 0 Å². The van der Waals surface area contributed by atoms with Crippen LogP contribution in [-0.2, 0) is 0 Å². The molecule has 0 bridgehead atoms. The maximum Gasteiger partial charge on any atom is 0.297 e. The van der Waals surface area contributed by atoms with Gasteiger partial charge in [-0.3, -0.25) is 0 Å². The number of nitrogens with zero attached hydrogens (tertiary/aromatic N) is 3. The van der Waals surface area contributed by atoms with Crippen LogP contribution >= 0.6 is 0 Å². The van der Waals surface area contributed by atoms with Crippen LogP contribution in [0.15, 0.2) is 27.2 Å². The van der Waals surface area contributed by atoms with Gasteiger partial charge in [0, 0.05) is 20.2 Å². The predicted octanol–water partition coefficient (Wildman–Crippen LogP) is 3.07. The average molecular weight is 259 g/mol. The van der Waals surface area contributed by atoms with Crippen molar-refractivity contribution in [3.8, 4) is 0 Å². The summed E-state index contributed by atoms with van der Waals surface area (Å²) in [5.41, 5.74) is 0.912. The van der Waals surface area contributed by atoms with E-state index in [1.54, 1.807) is 12.3 Å². The Hall–Kier alpha value is -2.30. The van der Waals surface area contributed by atoms with E-state index in [4.69, 9.17) is 8.83 Å². The third-order valence-electron chi connectivity index (χ3n) is 2.55. The number of anilines is 1. The molecule has 5 nitrogen and oxygen atoms in total. The van der Waals surface area contributed by atoms with Gasteiger partial charge in [0.05, 0.1) is 11.9 Å². The highest BCUT2D eigenvalue weighted by atomic mass is 16.4. The molecule has 2 rings (SSSR count). The van der Waals surface area contributed by atoms with E-state index in [0.29, 0.717) is 17.7 Å². The number of aryl methyl sites for hydroxylation is 2. The van der Waals surface area contributed by atoms with Crippen molar-refractivity contribution in [3.05, 3.63) is 41.5 Å². The van der Waals surface area contributed by atoms with Crippen LogP contribution in [0.4, 0.5) is 6.01 Å². The first-order valence-electron chi connectivity index (χ1n) is 5.98. The van der Waals surface area contributed by atoms with Gasteiger partial charge in [0.1, 0.15) is 11.5 Å². The molecule has 19 heavy (non-hydrogen) atoms. The molecule has 2 heterocycles. The Kier molecular flexibility index (Phi) is 3.85. The second-order valence-corrected chi connectivity index (χ2v) is 4.35. The molecule has 0 aliphatic carbocycles. The van der Waals surface area contributed by atoms with Crippen molar-refractivity contribution in [3.63, 3.8) is 0 Å². The number of hydrogen-bond acceptors (Lipinski definition) is 5. The minimum absolute atomic E-state index is 0.586. The van der Waals surface area contributed by atoms with Gasteiger partial charge in [0.2, 0.25) is 5.89 Å². The predicted molar refractivity (Wildman–Crippen MR) is 74.9 cm³/mol. The van der Waals surface area contributed by atoms with Gasteiger partial charge in [0.25, 0.3) is 6.01 Å². The summed E-state index contributed by atoms with van der Waals surface area (Å²) in [6.45, 7) is 3.82. The summed E-state index contributed by atoms with van der Waals surface area (Å²) in [6, 6.07) is 0.586. The molecule has 100 valence electrons. The van der Waals surface area contributed by atoms with Gasteiger partial charge in [-0.25, -0.2) is 9.97 Å². The molecule has 0 fully saturated rings. The molecule has 0 spiro atoms. The second kappa shape index (κ2) is 5.56. The van der Waals surface area contributed by atoms with Crippen molar-refractivity contribution in [2.75, 3.05) is 19.0 Å². The van der Waals surface area contributed by atoms with E-state index in [0.717, 1.165) is 11.5 Å². The monoisotopic (exact) mass is 259 g/mol. The van der Waals surface area contributed by atoms with Crippen LogP contribution in [0, 0.1) is 13.8 Å². The average Bonchev–Trinajstić information content (AvgIpc) is 2.93. The summed E-state index contributed by atoms with van der Waals surface area (Å²) < 4.78 is 10.9. The van der Waals surface area contributed by atoms with E-state index in [2.05, 4.69) is 9.97 Å². The summed E-state index contributed by atoms with van der Waals surface area (Å²) in [7, 11) is 3.76. The first-order valence-corrected chi connectivity index (χ1v) is 5.98. The van der Waals surface area contributed by atoms with Crippen molar-refractivity contribution in [1.29, 1.82) is 0 Å². The van der Waals surface area contributed by atoms with Crippen LogP contribution in [0.2, 0.25) is 0 Å². The molecule has 0 aliphatic rings. The van der Waals surface area contributed by atoms with Crippen molar-refractivity contribution in [2.45, 2.75) is 13.8 Å². The summed E-state index contributed by atoms with van der Waals surface area (Å²) in [5, 5.41) is 0. The lowest BCUT2D eigenvalue weighted by Crippen LogP contribution is -2.08. The Morgan fingerprint density at radius 2 is 1.84 bits per heavy atom. The van der Waals surface area contributed by atoms with Gasteiger partial charge in [-0.15, -0.1) is 0 Å². The summed E-state index contributed by atoms with van der Waals surface area (Å²) in [4.78, 5) is 10.2. The summed E-state index contributed by atoms with van der Waals surface area (Å²) in [6.07, 6.45) is 9.02. The molecule has 0 saturated heterocycles. The zero-order chi connectivity index (χ0) is 13.8. The van der Waals surface area contributed by atoms with Crippen molar-refractivity contribution in [2.24, 2.45) is 0 Å². The molecule has 0 amide bonds. The summed E-state index contributed by atoms with van der Waals surface area (Å²) >= 11 is 0. The van der Waals surface area contributed by atoms with E-state index in [1.807, 2.05) is 51.1 Å². The lowest BCUT2D eigenvalue weighted by molar-refractivity contribution is 0.515. The maximum atomic E-state index is 5.48. The molecule has 2 aromatic rings. The number of aromatic nitrogens is 2. The number of hydrogen-bond donors (Lipinski definition) is 0. The number of allylic oxidation sites excluding steroid dienone is 2. The Bertz CT molecular complexity index is 586. The Balaban J connectivity index is 1.99. The van der Waals surface area contributed by atoms with Crippen LogP contribution in [0.3, 0.4) is 0 Å². The molecule has 0 radical (unpaired) electrons. The van der Waals surface area contributed by atoms with E-state index in [1.165, 1.54) is 0 Å². The Labute approximate surface area is 112 Å². The van der Waals surface area contributed by atoms with Gasteiger partial charge in [-0.2, -0.15) is 0 Å². The SMILES string of the molecule is Cc1nc(/C=C/C=C/c2cnc(N(C)C)o2)oc1C. The summed E-state index contributed by atoms with van der Waals surface area (Å²) in [5.74, 6) is 2.15. The Morgan fingerprint density at radius 3 is 2.42 bits per heavy atom. The second-order valence-electron chi connectivity index (χ2n) is 4.35. The van der Waals surface area contributed by atoms with Gasteiger partial charge in [-0.1, -0.05) is 12.2 Å². The topological polar surface area (TPSA) is 55.3 Å². The van der Waals surface area contributed by atoms with Crippen LogP contribution in [0.5, 0.6) is 0 Å². The molecule has 0 saturated carbocycles. The van der Waals surface area contributed by atoms with E-state index in [-0.39, 0.29) is 0 Å². The zero-order valence-corrected chi connectivity index (χ0v) is 11.5. The third-order valence-corrected chi connectivity index (χ3v) is 2.55. The van der Waals surface area contributed by atoms with Gasteiger partial charge >= 0.3 is 0 Å². The minimum Gasteiger partial charge on any atom is -0.442 e. The molecular weight excluding hydrogens is 242 g/mol. The normalized spacial score (nSPS) is 11.8. The van der Waals surface area contributed by atoms with Crippen LogP contribution in [0.25, 0.3) is 12.2 Å². The highest BCUT2D eigenvalue weighted by Crippen LogP contribution is 2.13. The first-order chi connectivity index (χ1) is 9.06. The smallest absolute Gasteiger partial charge is 0.297 e. The third kappa shape index (κ3) is 3.34. The lowest BCUT2D eigenvalue weighted by Gasteiger charge is -2.03. The fourth-order valence-corrected chi connectivity index (χ4v) is 1.42. The molecule has 0 unspecified atom stereocenters. The molecule has 2 aromatic heterocycles. The van der Waals surface area contributed by atoms with Crippen molar-refractivity contribution in [1.82, 2.24) is 9.97 Å². The van der Waals surface area contributed by atoms with Gasteiger partial charge in [-0.05, 0) is 19.9 Å². The van der Waals surface area contributed by atoms with Gasteiger partial charge in [0.15, 0.2) is 0 Å².